The Labute approximate surface area is 141 Å². The molecule has 128 valence electrons. The number of rotatable bonds is 6. The molecule has 6 nitrogen and oxygen atoms in total. The van der Waals surface area contributed by atoms with Crippen LogP contribution in [0.15, 0.2) is 42.6 Å². The van der Waals surface area contributed by atoms with Gasteiger partial charge in [-0.2, -0.15) is 0 Å². The Morgan fingerprint density at radius 1 is 1.12 bits per heavy atom. The first-order valence-corrected chi connectivity index (χ1v) is 7.88. The van der Waals surface area contributed by atoms with Crippen LogP contribution in [0.3, 0.4) is 0 Å². The lowest BCUT2D eigenvalue weighted by molar-refractivity contribution is -0.139. The van der Waals surface area contributed by atoms with Gasteiger partial charge in [0.25, 0.3) is 0 Å². The molecular weight excluding hydrogens is 306 g/mol. The van der Waals surface area contributed by atoms with Crippen molar-refractivity contribution in [2.24, 2.45) is 7.05 Å². The molecule has 0 radical (unpaired) electrons. The Morgan fingerprint density at radius 2 is 1.79 bits per heavy atom. The summed E-state index contributed by atoms with van der Waals surface area (Å²) in [5, 5.41) is 15.1. The molecule has 0 aliphatic heterocycles. The van der Waals surface area contributed by atoms with Crippen LogP contribution in [-0.4, -0.2) is 28.0 Å². The summed E-state index contributed by atoms with van der Waals surface area (Å²) in [7, 11) is 1.84. The molecule has 2 rings (SSSR count). The molecular formula is C18H23N3O3. The zero-order chi connectivity index (χ0) is 17.5. The van der Waals surface area contributed by atoms with Crippen LogP contribution >= 0.6 is 0 Å². The van der Waals surface area contributed by atoms with Crippen molar-refractivity contribution in [1.82, 2.24) is 15.2 Å². The maximum atomic E-state index is 11.8. The topological polar surface area (TPSA) is 83.4 Å². The Balaban J connectivity index is 1.71. The summed E-state index contributed by atoms with van der Waals surface area (Å²) < 4.78 is 1.82. The van der Waals surface area contributed by atoms with Crippen molar-refractivity contribution >= 4 is 11.8 Å². The van der Waals surface area contributed by atoms with Crippen LogP contribution in [0.1, 0.15) is 29.3 Å². The van der Waals surface area contributed by atoms with Crippen LogP contribution in [0.2, 0.25) is 0 Å². The van der Waals surface area contributed by atoms with Crippen molar-refractivity contribution in [2.45, 2.75) is 26.0 Å². The number of hydrogen-bond acceptors (Lipinski definition) is 3. The molecule has 6 heteroatoms. The van der Waals surface area contributed by atoms with Crippen molar-refractivity contribution in [3.8, 4) is 0 Å². The van der Waals surface area contributed by atoms with E-state index in [2.05, 4.69) is 10.6 Å². The third kappa shape index (κ3) is 4.96. The summed E-state index contributed by atoms with van der Waals surface area (Å²) in [6, 6.07) is 11.4. The molecule has 1 aromatic carbocycles. The highest BCUT2D eigenvalue weighted by atomic mass is 16.3. The predicted octanol–water partition coefficient (Wildman–Crippen LogP) is 1.19. The van der Waals surface area contributed by atoms with Gasteiger partial charge in [0, 0.05) is 32.0 Å². The molecule has 0 fully saturated rings. The second-order valence-corrected chi connectivity index (χ2v) is 5.77. The second-order valence-electron chi connectivity index (χ2n) is 5.77. The van der Waals surface area contributed by atoms with Gasteiger partial charge in [-0.1, -0.05) is 29.8 Å². The monoisotopic (exact) mass is 329 g/mol. The normalized spacial score (nSPS) is 11.8. The number of benzene rings is 1. The molecule has 0 aliphatic rings. The fourth-order valence-corrected chi connectivity index (χ4v) is 2.34. The molecule has 2 aromatic rings. The van der Waals surface area contributed by atoms with Gasteiger partial charge in [-0.05, 0) is 31.0 Å². The zero-order valence-corrected chi connectivity index (χ0v) is 14.0. The number of aliphatic hydroxyl groups excluding tert-OH is 1. The van der Waals surface area contributed by atoms with Crippen molar-refractivity contribution in [2.75, 3.05) is 6.54 Å². The summed E-state index contributed by atoms with van der Waals surface area (Å²) in [6.07, 6.45) is 1.51. The number of aromatic nitrogens is 1. The summed E-state index contributed by atoms with van der Waals surface area (Å²) >= 11 is 0. The Hall–Kier alpha value is -2.60. The minimum Gasteiger partial charge on any atom is -0.387 e. The van der Waals surface area contributed by atoms with Gasteiger partial charge in [0.05, 0.1) is 6.10 Å². The van der Waals surface area contributed by atoms with Gasteiger partial charge in [0.2, 0.25) is 0 Å². The lowest BCUT2D eigenvalue weighted by Crippen LogP contribution is -2.40. The van der Waals surface area contributed by atoms with E-state index >= 15 is 0 Å². The van der Waals surface area contributed by atoms with Crippen molar-refractivity contribution in [3.05, 3.63) is 59.4 Å². The SMILES string of the molecule is Cc1ccc(CNC(=O)C(=O)NCCC(O)c2cccn2C)cc1. The van der Waals surface area contributed by atoms with Gasteiger partial charge in [-0.15, -0.1) is 0 Å². The zero-order valence-electron chi connectivity index (χ0n) is 14.0. The summed E-state index contributed by atoms with van der Waals surface area (Å²) in [5.41, 5.74) is 2.84. The minimum atomic E-state index is -0.693. The molecule has 0 saturated heterocycles. The highest BCUT2D eigenvalue weighted by Crippen LogP contribution is 2.15. The Bertz CT molecular complexity index is 692. The van der Waals surface area contributed by atoms with E-state index in [1.165, 1.54) is 0 Å². The van der Waals surface area contributed by atoms with Crippen molar-refractivity contribution < 1.29 is 14.7 Å². The number of nitrogens with one attached hydrogen (secondary N) is 2. The molecule has 2 amide bonds. The van der Waals surface area contributed by atoms with Crippen LogP contribution in [0.4, 0.5) is 0 Å². The molecule has 0 aliphatic carbocycles. The molecule has 0 saturated carbocycles. The van der Waals surface area contributed by atoms with E-state index in [9.17, 15) is 14.7 Å². The average Bonchev–Trinajstić information content (AvgIpc) is 3.00. The number of aliphatic hydroxyl groups is 1. The largest absolute Gasteiger partial charge is 0.387 e. The van der Waals surface area contributed by atoms with E-state index in [-0.39, 0.29) is 6.54 Å². The first-order chi connectivity index (χ1) is 11.5. The fraction of sp³-hybridized carbons (Fsp3) is 0.333. The summed E-state index contributed by atoms with van der Waals surface area (Å²) in [4.78, 5) is 23.5. The highest BCUT2D eigenvalue weighted by molar-refractivity contribution is 6.35. The van der Waals surface area contributed by atoms with E-state index in [0.29, 0.717) is 13.0 Å². The van der Waals surface area contributed by atoms with Crippen LogP contribution in [0.25, 0.3) is 0 Å². The lowest BCUT2D eigenvalue weighted by atomic mass is 10.1. The molecule has 1 aromatic heterocycles. The maximum absolute atomic E-state index is 11.8. The molecule has 3 N–H and O–H groups in total. The fourth-order valence-electron chi connectivity index (χ4n) is 2.34. The standard InChI is InChI=1S/C18H23N3O3/c1-13-5-7-14(8-6-13)12-20-18(24)17(23)19-10-9-16(22)15-4-3-11-21(15)2/h3-8,11,16,22H,9-10,12H2,1-2H3,(H,19,23)(H,20,24). The van der Waals surface area contributed by atoms with Crippen LogP contribution in [-0.2, 0) is 23.2 Å². The quantitative estimate of drug-likeness (QED) is 0.696. The van der Waals surface area contributed by atoms with E-state index in [1.54, 1.807) is 0 Å². The average molecular weight is 329 g/mol. The van der Waals surface area contributed by atoms with E-state index in [1.807, 2.05) is 61.1 Å². The van der Waals surface area contributed by atoms with E-state index in [0.717, 1.165) is 16.8 Å². The van der Waals surface area contributed by atoms with Gasteiger partial charge in [0.1, 0.15) is 0 Å². The number of aryl methyl sites for hydroxylation is 2. The van der Waals surface area contributed by atoms with Crippen molar-refractivity contribution in [1.29, 1.82) is 0 Å². The molecule has 1 unspecified atom stereocenters. The maximum Gasteiger partial charge on any atom is 0.309 e. The first kappa shape index (κ1) is 17.7. The molecule has 0 spiro atoms. The lowest BCUT2D eigenvalue weighted by Gasteiger charge is -2.12. The number of carbonyl (C=O) groups is 2. The number of carbonyl (C=O) groups excluding carboxylic acids is 2. The van der Waals surface area contributed by atoms with E-state index < -0.39 is 17.9 Å². The first-order valence-electron chi connectivity index (χ1n) is 7.88. The van der Waals surface area contributed by atoms with Gasteiger partial charge in [-0.25, -0.2) is 0 Å². The third-order valence-corrected chi connectivity index (χ3v) is 3.81. The second kappa shape index (κ2) is 8.31. The molecule has 24 heavy (non-hydrogen) atoms. The minimum absolute atomic E-state index is 0.225. The molecule has 1 atom stereocenters. The smallest absolute Gasteiger partial charge is 0.309 e. The van der Waals surface area contributed by atoms with Crippen LogP contribution in [0, 0.1) is 6.92 Å². The van der Waals surface area contributed by atoms with Gasteiger partial charge < -0.3 is 20.3 Å². The Morgan fingerprint density at radius 3 is 2.42 bits per heavy atom. The number of hydrogen-bond donors (Lipinski definition) is 3. The summed E-state index contributed by atoms with van der Waals surface area (Å²) in [6.45, 7) is 2.52. The van der Waals surface area contributed by atoms with Gasteiger partial charge >= 0.3 is 11.8 Å². The van der Waals surface area contributed by atoms with Crippen LogP contribution < -0.4 is 10.6 Å². The predicted molar refractivity (Wildman–Crippen MR) is 91.0 cm³/mol. The van der Waals surface area contributed by atoms with Crippen molar-refractivity contribution in [3.63, 3.8) is 0 Å². The highest BCUT2D eigenvalue weighted by Gasteiger charge is 2.15. The summed E-state index contributed by atoms with van der Waals surface area (Å²) in [5.74, 6) is -1.37. The third-order valence-electron chi connectivity index (χ3n) is 3.81. The number of nitrogens with zero attached hydrogens (tertiary/aromatic N) is 1. The number of amides is 2. The van der Waals surface area contributed by atoms with Gasteiger partial charge in [0.15, 0.2) is 0 Å². The molecule has 1 heterocycles. The van der Waals surface area contributed by atoms with Crippen LogP contribution in [0.5, 0.6) is 0 Å². The van der Waals surface area contributed by atoms with Gasteiger partial charge in [-0.3, -0.25) is 9.59 Å². The molecule has 0 bridgehead atoms. The van der Waals surface area contributed by atoms with E-state index in [4.69, 9.17) is 0 Å². The Kier molecular flexibility index (Phi) is 6.14.